The first-order valence-corrected chi connectivity index (χ1v) is 9.86. The highest BCUT2D eigenvalue weighted by atomic mass is 35.5. The number of para-hydroxylation sites is 2. The van der Waals surface area contributed by atoms with E-state index in [-0.39, 0.29) is 11.4 Å². The summed E-state index contributed by atoms with van der Waals surface area (Å²) in [5.41, 5.74) is 13.4. The maximum atomic E-state index is 13.3. The average Bonchev–Trinajstić information content (AvgIpc) is 3.09. The molecule has 0 spiro atoms. The number of benzene rings is 2. The van der Waals surface area contributed by atoms with E-state index in [9.17, 15) is 13.2 Å². The summed E-state index contributed by atoms with van der Waals surface area (Å²) in [5, 5.41) is -0.152. The quantitative estimate of drug-likeness (QED) is 0.424. The number of halogens is 4. The van der Waals surface area contributed by atoms with E-state index in [1.165, 1.54) is 6.07 Å². The molecule has 1 atom stereocenters. The van der Waals surface area contributed by atoms with E-state index in [4.69, 9.17) is 23.1 Å². The van der Waals surface area contributed by atoms with E-state index in [1.807, 2.05) is 41.0 Å². The van der Waals surface area contributed by atoms with Crippen LogP contribution in [-0.2, 0) is 19.1 Å². The summed E-state index contributed by atoms with van der Waals surface area (Å²) in [6, 6.07) is 13.1. The van der Waals surface area contributed by atoms with Gasteiger partial charge in [0.2, 0.25) is 0 Å². The third-order valence-electron chi connectivity index (χ3n) is 5.03. The number of nitrogens with zero attached hydrogens (tertiary/aromatic N) is 3. The van der Waals surface area contributed by atoms with Gasteiger partial charge in [0, 0.05) is 12.4 Å². The fourth-order valence-electron chi connectivity index (χ4n) is 3.59. The second-order valence-electron chi connectivity index (χ2n) is 7.25. The van der Waals surface area contributed by atoms with E-state index < -0.39 is 23.5 Å². The van der Waals surface area contributed by atoms with Gasteiger partial charge in [0.15, 0.2) is 0 Å². The molecule has 0 aliphatic heterocycles. The molecule has 0 bridgehead atoms. The number of nitrogen functional groups attached to an aromatic ring is 1. The number of hydrogen-bond donors (Lipinski definition) is 2. The summed E-state index contributed by atoms with van der Waals surface area (Å²) in [6.45, 7) is 0.480. The van der Waals surface area contributed by atoms with Crippen LogP contribution >= 0.6 is 11.6 Å². The summed E-state index contributed by atoms with van der Waals surface area (Å²) in [6.07, 6.45) is -1.06. The van der Waals surface area contributed by atoms with Crippen LogP contribution in [0.1, 0.15) is 28.6 Å². The number of fused-ring (bicyclic) bond motifs is 1. The van der Waals surface area contributed by atoms with E-state index in [1.54, 1.807) is 12.4 Å². The molecule has 160 valence electrons. The van der Waals surface area contributed by atoms with Gasteiger partial charge in [-0.15, -0.1) is 0 Å². The lowest BCUT2D eigenvalue weighted by Gasteiger charge is -2.17. The van der Waals surface area contributed by atoms with Crippen molar-refractivity contribution in [3.63, 3.8) is 0 Å². The zero-order valence-electron chi connectivity index (χ0n) is 16.3. The third-order valence-corrected chi connectivity index (χ3v) is 5.34. The summed E-state index contributed by atoms with van der Waals surface area (Å²) in [7, 11) is 0. The number of anilines is 1. The molecule has 0 saturated heterocycles. The van der Waals surface area contributed by atoms with Crippen molar-refractivity contribution in [2.24, 2.45) is 5.73 Å². The van der Waals surface area contributed by atoms with Crippen LogP contribution < -0.4 is 11.5 Å². The first-order chi connectivity index (χ1) is 14.7. The summed E-state index contributed by atoms with van der Waals surface area (Å²) >= 11 is 5.96. The Morgan fingerprint density at radius 1 is 1.06 bits per heavy atom. The van der Waals surface area contributed by atoms with Gasteiger partial charge < -0.3 is 16.0 Å². The molecule has 0 aliphatic carbocycles. The molecule has 0 fully saturated rings. The first kappa shape index (κ1) is 21.1. The maximum absolute atomic E-state index is 13.3. The van der Waals surface area contributed by atoms with Crippen molar-refractivity contribution in [2.75, 3.05) is 5.73 Å². The zero-order valence-corrected chi connectivity index (χ0v) is 17.0. The predicted molar refractivity (Wildman–Crippen MR) is 115 cm³/mol. The first-order valence-electron chi connectivity index (χ1n) is 9.49. The minimum Gasteiger partial charge on any atom is -0.397 e. The van der Waals surface area contributed by atoms with Crippen LogP contribution in [0.5, 0.6) is 0 Å². The van der Waals surface area contributed by atoms with Gasteiger partial charge in [-0.1, -0.05) is 29.8 Å². The molecule has 1 unspecified atom stereocenters. The number of nitrogens with two attached hydrogens (primary N) is 2. The van der Waals surface area contributed by atoms with Crippen molar-refractivity contribution >= 4 is 28.3 Å². The smallest absolute Gasteiger partial charge is 0.397 e. The monoisotopic (exact) mass is 445 g/mol. The van der Waals surface area contributed by atoms with Crippen molar-refractivity contribution in [3.05, 3.63) is 88.5 Å². The standard InChI is InChI=1S/C22H19ClF3N5/c23-16-9-14(8-15(20(16)28)22(24,25)26)10-17(27)21-30-18-5-1-2-6-19(18)31(21)12-13-4-3-7-29-11-13/h1-9,11,17H,10,12,27-28H2. The van der Waals surface area contributed by atoms with Gasteiger partial charge >= 0.3 is 6.18 Å². The highest BCUT2D eigenvalue weighted by molar-refractivity contribution is 6.33. The number of imidazole rings is 1. The lowest BCUT2D eigenvalue weighted by Crippen LogP contribution is -2.20. The summed E-state index contributed by atoms with van der Waals surface area (Å²) in [4.78, 5) is 8.79. The van der Waals surface area contributed by atoms with Crippen molar-refractivity contribution in [1.82, 2.24) is 14.5 Å². The lowest BCUT2D eigenvalue weighted by molar-refractivity contribution is -0.136. The number of rotatable bonds is 5. The van der Waals surface area contributed by atoms with Gasteiger partial charge in [0.1, 0.15) is 5.82 Å². The Bertz CT molecular complexity index is 1220. The predicted octanol–water partition coefficient (Wildman–Crippen LogP) is 4.98. The average molecular weight is 446 g/mol. The van der Waals surface area contributed by atoms with E-state index in [0.717, 1.165) is 22.7 Å². The Morgan fingerprint density at radius 2 is 1.84 bits per heavy atom. The maximum Gasteiger partial charge on any atom is 0.418 e. The van der Waals surface area contributed by atoms with Crippen molar-refractivity contribution < 1.29 is 13.2 Å². The minimum atomic E-state index is -4.61. The number of aromatic nitrogens is 3. The number of pyridine rings is 1. The van der Waals surface area contributed by atoms with Crippen LogP contribution in [0, 0.1) is 0 Å². The minimum absolute atomic E-state index is 0.111. The molecule has 0 saturated carbocycles. The molecule has 0 amide bonds. The molecular formula is C22H19ClF3N5. The molecule has 4 aromatic rings. The summed E-state index contributed by atoms with van der Waals surface area (Å²) in [5.74, 6) is 0.562. The van der Waals surface area contributed by atoms with Crippen LogP contribution in [0.2, 0.25) is 5.02 Å². The van der Waals surface area contributed by atoms with Crippen LogP contribution in [0.3, 0.4) is 0 Å². The van der Waals surface area contributed by atoms with Gasteiger partial charge in [0.05, 0.1) is 39.9 Å². The van der Waals surface area contributed by atoms with Gasteiger partial charge in [-0.25, -0.2) is 4.98 Å². The Balaban J connectivity index is 1.72. The third kappa shape index (κ3) is 4.35. The topological polar surface area (TPSA) is 82.8 Å². The van der Waals surface area contributed by atoms with Crippen LogP contribution in [0.25, 0.3) is 11.0 Å². The molecule has 2 aromatic carbocycles. The highest BCUT2D eigenvalue weighted by Crippen LogP contribution is 2.38. The normalized spacial score (nSPS) is 12.9. The molecule has 31 heavy (non-hydrogen) atoms. The van der Waals surface area contributed by atoms with Gasteiger partial charge in [-0.2, -0.15) is 13.2 Å². The van der Waals surface area contributed by atoms with Gasteiger partial charge in [-0.05, 0) is 47.9 Å². The number of alkyl halides is 3. The molecule has 0 aliphatic rings. The zero-order chi connectivity index (χ0) is 22.2. The van der Waals surface area contributed by atoms with Crippen LogP contribution in [-0.4, -0.2) is 14.5 Å². The van der Waals surface area contributed by atoms with Crippen molar-refractivity contribution in [2.45, 2.75) is 25.2 Å². The highest BCUT2D eigenvalue weighted by Gasteiger charge is 2.34. The molecule has 9 heteroatoms. The van der Waals surface area contributed by atoms with E-state index >= 15 is 0 Å². The van der Waals surface area contributed by atoms with Crippen molar-refractivity contribution in [3.8, 4) is 0 Å². The molecule has 0 radical (unpaired) electrons. The van der Waals surface area contributed by atoms with Crippen LogP contribution in [0.15, 0.2) is 60.9 Å². The lowest BCUT2D eigenvalue weighted by atomic mass is 10.0. The Kier molecular flexibility index (Phi) is 5.60. The summed E-state index contributed by atoms with van der Waals surface area (Å²) < 4.78 is 41.9. The molecule has 2 aromatic heterocycles. The molecule has 4 rings (SSSR count). The fraction of sp³-hybridized carbons (Fsp3) is 0.182. The second-order valence-corrected chi connectivity index (χ2v) is 7.66. The Labute approximate surface area is 181 Å². The molecule has 4 N–H and O–H groups in total. The SMILES string of the molecule is Nc1c(Cl)cc(CC(N)c2nc3ccccc3n2Cc2cccnc2)cc1C(F)(F)F. The Morgan fingerprint density at radius 3 is 2.55 bits per heavy atom. The van der Waals surface area contributed by atoms with Crippen LogP contribution in [0.4, 0.5) is 18.9 Å². The van der Waals surface area contributed by atoms with Gasteiger partial charge in [0.25, 0.3) is 0 Å². The largest absolute Gasteiger partial charge is 0.418 e. The van der Waals surface area contributed by atoms with Gasteiger partial charge in [-0.3, -0.25) is 4.98 Å². The second kappa shape index (κ2) is 8.20. The van der Waals surface area contributed by atoms with Crippen molar-refractivity contribution in [1.29, 1.82) is 0 Å². The molecular weight excluding hydrogens is 427 g/mol. The fourth-order valence-corrected chi connectivity index (χ4v) is 3.83. The van der Waals surface area contributed by atoms with E-state index in [0.29, 0.717) is 17.9 Å². The molecule has 2 heterocycles. The number of hydrogen-bond acceptors (Lipinski definition) is 4. The van der Waals surface area contributed by atoms with E-state index in [2.05, 4.69) is 9.97 Å². The Hall–Kier alpha value is -3.10. The molecule has 5 nitrogen and oxygen atoms in total.